The molecule has 0 aliphatic heterocycles. The largest absolute Gasteiger partial charge is 0.349 e. The number of nitro benzene ring substituents is 1. The summed E-state index contributed by atoms with van der Waals surface area (Å²) in [5.74, 6) is -0.124. The van der Waals surface area contributed by atoms with E-state index in [9.17, 15) is 24.5 Å². The van der Waals surface area contributed by atoms with Crippen molar-refractivity contribution >= 4 is 22.5 Å². The second-order valence-corrected chi connectivity index (χ2v) is 9.36. The van der Waals surface area contributed by atoms with Gasteiger partial charge in [-0.3, -0.25) is 28.8 Å². The van der Waals surface area contributed by atoms with E-state index >= 15 is 0 Å². The van der Waals surface area contributed by atoms with E-state index in [1.807, 2.05) is 0 Å². The molecule has 188 valence electrons. The van der Waals surface area contributed by atoms with Gasteiger partial charge in [-0.25, -0.2) is 4.79 Å². The summed E-state index contributed by atoms with van der Waals surface area (Å²) in [5, 5.41) is 14.6. The molecule has 1 heterocycles. The third kappa shape index (κ3) is 5.06. The number of para-hydroxylation sites is 1. The molecule has 5 rings (SSSR count). The van der Waals surface area contributed by atoms with Gasteiger partial charge in [0.1, 0.15) is 0 Å². The van der Waals surface area contributed by atoms with Gasteiger partial charge in [-0.1, -0.05) is 49.2 Å². The highest BCUT2D eigenvalue weighted by Crippen LogP contribution is 2.19. The van der Waals surface area contributed by atoms with Crippen LogP contribution in [0.1, 0.15) is 47.2 Å². The van der Waals surface area contributed by atoms with Crippen LogP contribution in [0.25, 0.3) is 10.9 Å². The molecule has 0 unspecified atom stereocenters. The third-order valence-corrected chi connectivity index (χ3v) is 6.84. The number of nitrogens with zero attached hydrogens (tertiary/aromatic N) is 3. The lowest BCUT2D eigenvalue weighted by molar-refractivity contribution is -0.384. The number of hydrogen-bond acceptors (Lipinski definition) is 5. The van der Waals surface area contributed by atoms with Crippen molar-refractivity contribution in [3.05, 3.63) is 120 Å². The van der Waals surface area contributed by atoms with Gasteiger partial charge in [0.25, 0.3) is 17.2 Å². The Morgan fingerprint density at radius 2 is 1.59 bits per heavy atom. The van der Waals surface area contributed by atoms with Crippen molar-refractivity contribution in [1.29, 1.82) is 0 Å². The van der Waals surface area contributed by atoms with Crippen LogP contribution in [0, 0.1) is 10.1 Å². The standard InChI is InChI=1S/C28H26N4O5/c33-26(29-22-7-1-2-8-22)21-14-12-19(13-15-21)17-31-27(34)24-10-3-4-11-25(24)30(28(31)35)18-20-6-5-9-23(16-20)32(36)37/h3-6,9-16,22H,1-2,7-8,17-18H2,(H,29,33). The monoisotopic (exact) mass is 498 g/mol. The minimum atomic E-state index is -0.516. The summed E-state index contributed by atoms with van der Waals surface area (Å²) in [5.41, 5.74) is 1.26. The Morgan fingerprint density at radius 3 is 2.32 bits per heavy atom. The number of nitrogens with one attached hydrogen (secondary N) is 1. The fraction of sp³-hybridized carbons (Fsp3) is 0.250. The molecule has 1 aliphatic rings. The summed E-state index contributed by atoms with van der Waals surface area (Å²) >= 11 is 0. The third-order valence-electron chi connectivity index (χ3n) is 6.84. The lowest BCUT2D eigenvalue weighted by Gasteiger charge is -2.15. The zero-order valence-electron chi connectivity index (χ0n) is 20.1. The number of carbonyl (C=O) groups is 1. The van der Waals surface area contributed by atoms with E-state index in [0.717, 1.165) is 30.3 Å². The van der Waals surface area contributed by atoms with Crippen LogP contribution in [0.15, 0.2) is 82.4 Å². The number of amides is 1. The molecule has 37 heavy (non-hydrogen) atoms. The molecule has 1 amide bonds. The highest BCUT2D eigenvalue weighted by atomic mass is 16.6. The first-order valence-electron chi connectivity index (χ1n) is 12.3. The van der Waals surface area contributed by atoms with Crippen molar-refractivity contribution in [2.45, 2.75) is 44.8 Å². The molecule has 0 radical (unpaired) electrons. The molecular weight excluding hydrogens is 472 g/mol. The van der Waals surface area contributed by atoms with E-state index in [2.05, 4.69) is 5.32 Å². The highest BCUT2D eigenvalue weighted by Gasteiger charge is 2.18. The quantitative estimate of drug-likeness (QED) is 0.307. The molecule has 1 aromatic heterocycles. The van der Waals surface area contributed by atoms with Gasteiger partial charge in [0, 0.05) is 23.7 Å². The van der Waals surface area contributed by atoms with Gasteiger partial charge in [0.05, 0.1) is 28.9 Å². The Balaban J connectivity index is 1.47. The van der Waals surface area contributed by atoms with Crippen LogP contribution in [-0.2, 0) is 13.1 Å². The first-order chi connectivity index (χ1) is 17.9. The average molecular weight is 499 g/mol. The van der Waals surface area contributed by atoms with E-state index in [4.69, 9.17) is 0 Å². The summed E-state index contributed by atoms with van der Waals surface area (Å²) in [7, 11) is 0. The zero-order valence-corrected chi connectivity index (χ0v) is 20.1. The lowest BCUT2D eigenvalue weighted by Crippen LogP contribution is -2.40. The number of fused-ring (bicyclic) bond motifs is 1. The predicted octanol–water partition coefficient (Wildman–Crippen LogP) is 3.84. The second kappa shape index (κ2) is 10.2. The van der Waals surface area contributed by atoms with Crippen molar-refractivity contribution in [3.63, 3.8) is 0 Å². The first kappa shape index (κ1) is 24.2. The maximum atomic E-state index is 13.5. The number of rotatable bonds is 7. The molecule has 0 spiro atoms. The van der Waals surface area contributed by atoms with Gasteiger partial charge in [-0.05, 0) is 48.2 Å². The Hall–Kier alpha value is -4.53. The van der Waals surface area contributed by atoms with Gasteiger partial charge in [-0.15, -0.1) is 0 Å². The van der Waals surface area contributed by atoms with E-state index in [1.54, 1.807) is 60.7 Å². The maximum absolute atomic E-state index is 13.5. The van der Waals surface area contributed by atoms with Crippen LogP contribution in [-0.4, -0.2) is 26.0 Å². The number of non-ortho nitro benzene ring substituents is 1. The fourth-order valence-electron chi connectivity index (χ4n) is 4.90. The number of carbonyl (C=O) groups excluding carboxylic acids is 1. The summed E-state index contributed by atoms with van der Waals surface area (Å²) in [6.45, 7) is 0.101. The van der Waals surface area contributed by atoms with Crippen molar-refractivity contribution in [2.24, 2.45) is 0 Å². The normalized spacial score (nSPS) is 13.6. The molecule has 1 saturated carbocycles. The molecule has 0 atom stereocenters. The molecule has 0 bridgehead atoms. The summed E-state index contributed by atoms with van der Waals surface area (Å²) in [6, 6.07) is 20.0. The predicted molar refractivity (Wildman–Crippen MR) is 140 cm³/mol. The smallest absolute Gasteiger partial charge is 0.332 e. The van der Waals surface area contributed by atoms with Crippen LogP contribution in [0.4, 0.5) is 5.69 Å². The molecule has 4 aromatic rings. The average Bonchev–Trinajstić information content (AvgIpc) is 3.42. The molecule has 3 aromatic carbocycles. The van der Waals surface area contributed by atoms with Crippen molar-refractivity contribution in [3.8, 4) is 0 Å². The van der Waals surface area contributed by atoms with Crippen LogP contribution in [0.2, 0.25) is 0 Å². The molecule has 1 N–H and O–H groups in total. The lowest BCUT2D eigenvalue weighted by atomic mass is 10.1. The zero-order chi connectivity index (χ0) is 25.9. The Morgan fingerprint density at radius 1 is 0.892 bits per heavy atom. The van der Waals surface area contributed by atoms with Gasteiger partial charge < -0.3 is 5.32 Å². The fourth-order valence-corrected chi connectivity index (χ4v) is 4.90. The van der Waals surface area contributed by atoms with E-state index in [1.165, 1.54) is 16.7 Å². The minimum Gasteiger partial charge on any atom is -0.349 e. The number of aromatic nitrogens is 2. The molecule has 9 nitrogen and oxygen atoms in total. The summed E-state index contributed by atoms with van der Waals surface area (Å²) in [4.78, 5) is 50.1. The van der Waals surface area contributed by atoms with E-state index < -0.39 is 16.2 Å². The van der Waals surface area contributed by atoms with Gasteiger partial charge in [0.15, 0.2) is 0 Å². The van der Waals surface area contributed by atoms with Gasteiger partial charge >= 0.3 is 5.69 Å². The van der Waals surface area contributed by atoms with Crippen LogP contribution < -0.4 is 16.6 Å². The Bertz CT molecular complexity index is 1600. The first-order valence-corrected chi connectivity index (χ1v) is 12.3. The van der Waals surface area contributed by atoms with Crippen molar-refractivity contribution < 1.29 is 9.72 Å². The highest BCUT2D eigenvalue weighted by molar-refractivity contribution is 5.94. The summed E-state index contributed by atoms with van der Waals surface area (Å²) < 4.78 is 2.62. The minimum absolute atomic E-state index is 0.0297. The number of hydrogen-bond donors (Lipinski definition) is 1. The van der Waals surface area contributed by atoms with Crippen molar-refractivity contribution in [2.75, 3.05) is 0 Å². The maximum Gasteiger partial charge on any atom is 0.332 e. The molecular formula is C28H26N4O5. The van der Waals surface area contributed by atoms with Gasteiger partial charge in [0.2, 0.25) is 0 Å². The summed E-state index contributed by atoms with van der Waals surface area (Å²) in [6.07, 6.45) is 4.25. The Kier molecular flexibility index (Phi) is 6.68. The molecule has 0 saturated heterocycles. The van der Waals surface area contributed by atoms with Crippen LogP contribution in [0.5, 0.6) is 0 Å². The molecule has 1 fully saturated rings. The number of nitro groups is 1. The molecule has 9 heteroatoms. The van der Waals surface area contributed by atoms with Gasteiger partial charge in [-0.2, -0.15) is 0 Å². The second-order valence-electron chi connectivity index (χ2n) is 9.36. The van der Waals surface area contributed by atoms with Crippen molar-refractivity contribution in [1.82, 2.24) is 14.5 Å². The van der Waals surface area contributed by atoms with E-state index in [0.29, 0.717) is 27.6 Å². The van der Waals surface area contributed by atoms with Crippen LogP contribution in [0.3, 0.4) is 0 Å². The topological polar surface area (TPSA) is 116 Å². The molecule has 1 aliphatic carbocycles. The van der Waals surface area contributed by atoms with E-state index in [-0.39, 0.29) is 30.7 Å². The SMILES string of the molecule is O=C(NC1CCCC1)c1ccc(Cn2c(=O)c3ccccc3n(Cc3cccc([N+](=O)[O-])c3)c2=O)cc1. The van der Waals surface area contributed by atoms with Crippen LogP contribution >= 0.6 is 0 Å². The Labute approximate surface area is 212 Å². The number of benzene rings is 3.